The van der Waals surface area contributed by atoms with E-state index in [2.05, 4.69) is 16.2 Å². The average molecular weight is 612 g/mol. The summed E-state index contributed by atoms with van der Waals surface area (Å²) in [5.41, 5.74) is 10.9. The Morgan fingerprint density at radius 1 is 1.07 bits per heavy atom. The van der Waals surface area contributed by atoms with Crippen LogP contribution in [0, 0.1) is 11.2 Å². The number of alkyl halides is 3. The number of anilines is 1. The number of carboxylic acid groups (broad SMARTS) is 1. The fourth-order valence-electron chi connectivity index (χ4n) is 3.24. The smallest absolute Gasteiger partial charge is 0.490 e. The largest absolute Gasteiger partial charge is 0.490 e. The van der Waals surface area contributed by atoms with Gasteiger partial charge in [0, 0.05) is 22.9 Å². The Hall–Kier alpha value is -5.28. The minimum Gasteiger partial charge on any atom is -0.490 e. The average Bonchev–Trinajstić information content (AvgIpc) is 3.47. The van der Waals surface area contributed by atoms with E-state index in [0.717, 1.165) is 6.07 Å². The summed E-state index contributed by atoms with van der Waals surface area (Å²) >= 11 is 0. The number of nitrogen functional groups attached to an aromatic ring is 1. The van der Waals surface area contributed by atoms with Gasteiger partial charge in [0.15, 0.2) is 17.3 Å². The Labute approximate surface area is 242 Å². The minimum atomic E-state index is -5.08. The number of rotatable bonds is 10. The molecule has 43 heavy (non-hydrogen) atoms. The molecule has 3 aromatic rings. The van der Waals surface area contributed by atoms with Crippen LogP contribution < -0.4 is 31.4 Å². The van der Waals surface area contributed by atoms with E-state index in [1.807, 2.05) is 0 Å². The molecule has 2 aromatic carbocycles. The lowest BCUT2D eigenvalue weighted by Gasteiger charge is -2.23. The van der Waals surface area contributed by atoms with E-state index in [1.165, 1.54) is 24.5 Å². The summed E-state index contributed by atoms with van der Waals surface area (Å²) in [5, 5.41) is 17.6. The zero-order valence-electron chi connectivity index (χ0n) is 23.0. The summed E-state index contributed by atoms with van der Waals surface area (Å²) in [5.74, 6) is -4.60. The Balaban J connectivity index is 0.000000821. The van der Waals surface area contributed by atoms with Gasteiger partial charge in [0.1, 0.15) is 17.7 Å². The minimum absolute atomic E-state index is 0.0142. The Kier molecular flexibility index (Phi) is 11.9. The second kappa shape index (κ2) is 15.1. The number of carbonyl (C=O) groups is 3. The van der Waals surface area contributed by atoms with Crippen LogP contribution in [0.25, 0.3) is 0 Å². The predicted molar refractivity (Wildman–Crippen MR) is 145 cm³/mol. The molecule has 7 N–H and O–H groups in total. The molecule has 0 saturated carbocycles. The van der Waals surface area contributed by atoms with E-state index < -0.39 is 35.8 Å². The van der Waals surface area contributed by atoms with Crippen LogP contribution in [0.2, 0.25) is 0 Å². The summed E-state index contributed by atoms with van der Waals surface area (Å²) in [6, 6.07) is 10.5. The fourth-order valence-corrected chi connectivity index (χ4v) is 3.24. The number of amides is 2. The van der Waals surface area contributed by atoms with Crippen molar-refractivity contribution in [2.24, 2.45) is 5.73 Å². The zero-order chi connectivity index (χ0) is 32.3. The molecule has 2 amide bonds. The summed E-state index contributed by atoms with van der Waals surface area (Å²) in [6.45, 7) is 5.65. The first-order chi connectivity index (χ1) is 20.1. The number of halogens is 4. The molecule has 0 saturated heterocycles. The lowest BCUT2D eigenvalue weighted by atomic mass is 10.0. The molecule has 12 nitrogen and oxygen atoms in total. The second-order valence-corrected chi connectivity index (χ2v) is 8.71. The third-order valence-corrected chi connectivity index (χ3v) is 5.09. The molecule has 0 aliphatic rings. The van der Waals surface area contributed by atoms with E-state index in [0.29, 0.717) is 11.3 Å². The van der Waals surface area contributed by atoms with Gasteiger partial charge in [-0.15, -0.1) is 0 Å². The lowest BCUT2D eigenvalue weighted by Crippen LogP contribution is -2.45. The molecule has 16 heteroatoms. The van der Waals surface area contributed by atoms with Crippen molar-refractivity contribution < 1.29 is 50.9 Å². The van der Waals surface area contributed by atoms with Gasteiger partial charge in [0.2, 0.25) is 0 Å². The maximum atomic E-state index is 15.3. The lowest BCUT2D eigenvalue weighted by molar-refractivity contribution is -0.192. The Morgan fingerprint density at radius 3 is 2.19 bits per heavy atom. The number of carbonyl (C=O) groups excluding carboxylic acids is 2. The van der Waals surface area contributed by atoms with Crippen molar-refractivity contribution in [3.05, 3.63) is 77.5 Å². The molecule has 0 radical (unpaired) electrons. The molecular formula is C27H29F4N5O7. The fraction of sp³-hybridized carbons (Fsp3) is 0.259. The van der Waals surface area contributed by atoms with Gasteiger partial charge in [-0.05, 0) is 63.2 Å². The van der Waals surface area contributed by atoms with Gasteiger partial charge in [-0.3, -0.25) is 25.8 Å². The molecule has 232 valence electrons. The Bertz CT molecular complexity index is 1410. The quantitative estimate of drug-likeness (QED) is 0.0847. The number of amidine groups is 1. The summed E-state index contributed by atoms with van der Waals surface area (Å²) < 4.78 is 63.4. The van der Waals surface area contributed by atoms with Crippen LogP contribution in [-0.2, 0) is 9.59 Å². The molecule has 0 spiro atoms. The third kappa shape index (κ3) is 10.2. The van der Waals surface area contributed by atoms with Gasteiger partial charge in [0.05, 0.1) is 19.0 Å². The summed E-state index contributed by atoms with van der Waals surface area (Å²) in [6.07, 6.45) is -4.00. The van der Waals surface area contributed by atoms with Crippen LogP contribution in [0.1, 0.15) is 48.5 Å². The van der Waals surface area contributed by atoms with E-state index in [9.17, 15) is 22.8 Å². The van der Waals surface area contributed by atoms with Crippen molar-refractivity contribution in [3.63, 3.8) is 0 Å². The van der Waals surface area contributed by atoms with E-state index in [4.69, 9.17) is 34.9 Å². The molecule has 1 atom stereocenters. The number of hydrogen-bond acceptors (Lipinski definition) is 8. The number of nitrogens with two attached hydrogens (primary N) is 1. The van der Waals surface area contributed by atoms with Gasteiger partial charge >= 0.3 is 18.1 Å². The first kappa shape index (κ1) is 33.9. The highest BCUT2D eigenvalue weighted by Crippen LogP contribution is 2.35. The SMILES string of the molecule is CCOc1cc(C(Nc2ccc(C(=N)N)cc2)C(=O)NNC(=O)c2ccco2)c(F)cc1OC(C)C.O=C(O)C(F)(F)F. The number of benzene rings is 2. The third-order valence-electron chi connectivity index (χ3n) is 5.09. The highest BCUT2D eigenvalue weighted by Gasteiger charge is 2.38. The Morgan fingerprint density at radius 2 is 1.70 bits per heavy atom. The molecule has 1 aromatic heterocycles. The first-order valence-electron chi connectivity index (χ1n) is 12.4. The van der Waals surface area contributed by atoms with E-state index >= 15 is 4.39 Å². The van der Waals surface area contributed by atoms with Crippen molar-refractivity contribution in [2.45, 2.75) is 39.1 Å². The van der Waals surface area contributed by atoms with Crippen molar-refractivity contribution >= 4 is 29.3 Å². The van der Waals surface area contributed by atoms with E-state index in [-0.39, 0.29) is 41.4 Å². The molecule has 1 unspecified atom stereocenters. The van der Waals surface area contributed by atoms with Crippen LogP contribution >= 0.6 is 0 Å². The maximum absolute atomic E-state index is 15.3. The molecule has 0 aliphatic carbocycles. The van der Waals surface area contributed by atoms with Crippen LogP contribution in [0.15, 0.2) is 59.2 Å². The predicted octanol–water partition coefficient (Wildman–Crippen LogP) is 4.14. The topological polar surface area (TPSA) is 189 Å². The number of hydrogen-bond donors (Lipinski definition) is 6. The molecule has 0 fully saturated rings. The van der Waals surface area contributed by atoms with E-state index in [1.54, 1.807) is 45.0 Å². The molecule has 3 rings (SSSR count). The molecular weight excluding hydrogens is 582 g/mol. The van der Waals surface area contributed by atoms with Gasteiger partial charge in [-0.1, -0.05) is 0 Å². The zero-order valence-corrected chi connectivity index (χ0v) is 23.0. The van der Waals surface area contributed by atoms with Gasteiger partial charge in [0.25, 0.3) is 5.91 Å². The molecule has 0 aliphatic heterocycles. The van der Waals surface area contributed by atoms with Gasteiger partial charge < -0.3 is 30.0 Å². The maximum Gasteiger partial charge on any atom is 0.490 e. The summed E-state index contributed by atoms with van der Waals surface area (Å²) in [7, 11) is 0. The standard InChI is InChI=1S/C25H28FN5O5.C2HF3O2/c1-4-34-20-12-17(18(26)13-21(20)36-14(2)3)22(29-16-9-7-15(8-10-16)23(27)28)25(33)31-30-24(32)19-6-5-11-35-19;3-2(4,5)1(6)7/h5-14,22,29H,4H2,1-3H3,(H3,27,28)(H,30,32)(H,31,33);(H,6,7). The van der Waals surface area contributed by atoms with Crippen LogP contribution in [-0.4, -0.2) is 47.6 Å². The number of hydrazine groups is 1. The van der Waals surface area contributed by atoms with Crippen molar-refractivity contribution in [2.75, 3.05) is 11.9 Å². The van der Waals surface area contributed by atoms with Crippen LogP contribution in [0.3, 0.4) is 0 Å². The highest BCUT2D eigenvalue weighted by molar-refractivity contribution is 5.96. The van der Waals surface area contributed by atoms with Gasteiger partial charge in [-0.25, -0.2) is 9.18 Å². The molecule has 0 bridgehead atoms. The number of carboxylic acids is 1. The first-order valence-corrected chi connectivity index (χ1v) is 12.4. The highest BCUT2D eigenvalue weighted by atomic mass is 19.4. The van der Waals surface area contributed by atoms with Crippen molar-refractivity contribution in [1.82, 2.24) is 10.9 Å². The van der Waals surface area contributed by atoms with Crippen LogP contribution in [0.5, 0.6) is 11.5 Å². The molecule has 1 heterocycles. The number of aliphatic carboxylic acids is 1. The monoisotopic (exact) mass is 611 g/mol. The van der Waals surface area contributed by atoms with Crippen LogP contribution in [0.4, 0.5) is 23.2 Å². The second-order valence-electron chi connectivity index (χ2n) is 8.71. The number of furan rings is 1. The van der Waals surface area contributed by atoms with Crippen molar-refractivity contribution in [1.29, 1.82) is 5.41 Å². The summed E-state index contributed by atoms with van der Waals surface area (Å²) in [4.78, 5) is 34.3. The number of ether oxygens (including phenoxy) is 2. The van der Waals surface area contributed by atoms with Crippen molar-refractivity contribution in [3.8, 4) is 11.5 Å². The normalized spacial score (nSPS) is 11.4. The van der Waals surface area contributed by atoms with Gasteiger partial charge in [-0.2, -0.15) is 13.2 Å². The number of nitrogens with one attached hydrogen (secondary N) is 4.